The molecule has 0 atom stereocenters. The van der Waals surface area contributed by atoms with Gasteiger partial charge in [0.05, 0.1) is 19.8 Å². The average molecular weight is 456 g/mol. The van der Waals surface area contributed by atoms with Gasteiger partial charge in [-0.2, -0.15) is 0 Å². The lowest BCUT2D eigenvalue weighted by Crippen LogP contribution is -2.56. The number of methoxy groups -OCH3 is 2. The number of nitrogens with one attached hydrogen (secondary N) is 1. The van der Waals surface area contributed by atoms with Gasteiger partial charge in [0, 0.05) is 12.4 Å². The van der Waals surface area contributed by atoms with Gasteiger partial charge in [-0.3, -0.25) is 14.6 Å². The summed E-state index contributed by atoms with van der Waals surface area (Å²) in [7, 11) is 2.75. The van der Waals surface area contributed by atoms with Gasteiger partial charge in [0.15, 0.2) is 0 Å². The fourth-order valence-electron chi connectivity index (χ4n) is 4.11. The average Bonchev–Trinajstić information content (AvgIpc) is 2.80. The number of ether oxygens (including phenoxy) is 2. The van der Waals surface area contributed by atoms with Gasteiger partial charge in [-0.05, 0) is 37.8 Å². The summed E-state index contributed by atoms with van der Waals surface area (Å²) in [6.07, 6.45) is 12.1. The van der Waals surface area contributed by atoms with E-state index in [9.17, 15) is 14.4 Å². The highest BCUT2D eigenvalue weighted by Gasteiger charge is 2.42. The molecule has 2 aliphatic rings. The number of esters is 2. The van der Waals surface area contributed by atoms with Crippen LogP contribution in [0.15, 0.2) is 24.5 Å². The summed E-state index contributed by atoms with van der Waals surface area (Å²) in [5.41, 5.74) is 4.74. The fourth-order valence-corrected chi connectivity index (χ4v) is 4.11. The van der Waals surface area contributed by atoms with E-state index in [4.69, 9.17) is 10.5 Å². The van der Waals surface area contributed by atoms with Crippen LogP contribution in [0.25, 0.3) is 0 Å². The van der Waals surface area contributed by atoms with Crippen molar-refractivity contribution in [3.63, 3.8) is 0 Å². The van der Waals surface area contributed by atoms with Gasteiger partial charge in [0.2, 0.25) is 0 Å². The molecule has 3 rings (SSSR count). The molecule has 3 N–H and O–H groups in total. The zero-order chi connectivity index (χ0) is 22.0. The summed E-state index contributed by atoms with van der Waals surface area (Å²) >= 11 is 0. The third-order valence-corrected chi connectivity index (χ3v) is 5.90. The number of rotatable bonds is 4. The summed E-state index contributed by atoms with van der Waals surface area (Å²) in [4.78, 5) is 39.2. The quantitative estimate of drug-likeness (QED) is 0.669. The first-order chi connectivity index (χ1) is 14.4. The molecule has 0 saturated heterocycles. The van der Waals surface area contributed by atoms with E-state index in [0.29, 0.717) is 18.4 Å². The van der Waals surface area contributed by atoms with Gasteiger partial charge >= 0.3 is 11.9 Å². The third-order valence-electron chi connectivity index (χ3n) is 5.90. The van der Waals surface area contributed by atoms with Gasteiger partial charge in [0.1, 0.15) is 11.1 Å². The largest absolute Gasteiger partial charge is 0.468 e. The molecular weight excluding hydrogens is 422 g/mol. The van der Waals surface area contributed by atoms with Crippen LogP contribution in [-0.2, 0) is 19.1 Å². The second-order valence-corrected chi connectivity index (χ2v) is 8.04. The lowest BCUT2D eigenvalue weighted by Gasteiger charge is -2.35. The molecule has 2 saturated carbocycles. The van der Waals surface area contributed by atoms with Crippen molar-refractivity contribution in [1.82, 2.24) is 10.3 Å². The number of nitrogens with two attached hydrogens (primary N) is 1. The molecule has 0 unspecified atom stereocenters. The smallest absolute Gasteiger partial charge is 0.331 e. The summed E-state index contributed by atoms with van der Waals surface area (Å²) in [6, 6.07) is 3.37. The van der Waals surface area contributed by atoms with Crippen molar-refractivity contribution in [2.75, 3.05) is 14.2 Å². The molecule has 2 aliphatic carbocycles. The van der Waals surface area contributed by atoms with Crippen molar-refractivity contribution in [3.8, 4) is 0 Å². The predicted molar refractivity (Wildman–Crippen MR) is 119 cm³/mol. The summed E-state index contributed by atoms with van der Waals surface area (Å²) < 4.78 is 9.49. The van der Waals surface area contributed by atoms with Crippen molar-refractivity contribution < 1.29 is 23.9 Å². The fraction of sp³-hybridized carbons (Fsp3) is 0.636. The highest BCUT2D eigenvalue weighted by Crippen LogP contribution is 2.30. The van der Waals surface area contributed by atoms with Crippen LogP contribution in [-0.4, -0.2) is 48.1 Å². The van der Waals surface area contributed by atoms with E-state index in [2.05, 4.69) is 15.0 Å². The van der Waals surface area contributed by atoms with Gasteiger partial charge < -0.3 is 20.5 Å². The lowest BCUT2D eigenvalue weighted by atomic mass is 9.81. The van der Waals surface area contributed by atoms with Crippen LogP contribution in [0.5, 0.6) is 0 Å². The summed E-state index contributed by atoms with van der Waals surface area (Å²) in [6.45, 7) is 0. The molecule has 0 aromatic carbocycles. The van der Waals surface area contributed by atoms with Crippen LogP contribution in [0.1, 0.15) is 74.6 Å². The van der Waals surface area contributed by atoms with E-state index < -0.39 is 11.1 Å². The van der Waals surface area contributed by atoms with Crippen molar-refractivity contribution in [2.45, 2.75) is 75.3 Å². The standard InChI is InChI=1S/C14H18N2O3.C8H15NO2.ClH/c1-19-13(18)14(7-3-2-4-8-14)16-12(17)11-6-5-9-15-10-11;1-11-7(10)8(9)5-3-2-4-6-8;/h5-6,9-10H,2-4,7-8H2,1H3,(H,16,17);2-6,9H2,1H3;1H. The number of carbonyl (C=O) groups is 3. The molecule has 0 aliphatic heterocycles. The molecule has 1 aromatic rings. The Balaban J connectivity index is 0.000000344. The lowest BCUT2D eigenvalue weighted by molar-refractivity contribution is -0.150. The highest BCUT2D eigenvalue weighted by atomic mass is 35.5. The van der Waals surface area contributed by atoms with Crippen LogP contribution in [0.2, 0.25) is 0 Å². The molecule has 0 radical (unpaired) electrons. The second-order valence-electron chi connectivity index (χ2n) is 8.04. The van der Waals surface area contributed by atoms with Crippen molar-refractivity contribution in [2.24, 2.45) is 5.73 Å². The molecule has 8 nitrogen and oxygen atoms in total. The number of pyridine rings is 1. The normalized spacial score (nSPS) is 18.8. The number of aromatic nitrogens is 1. The zero-order valence-electron chi connectivity index (χ0n) is 18.4. The molecule has 2 fully saturated rings. The number of nitrogens with zero attached hydrogens (tertiary/aromatic N) is 1. The maximum atomic E-state index is 12.2. The molecule has 9 heteroatoms. The molecule has 0 bridgehead atoms. The predicted octanol–water partition coefficient (Wildman–Crippen LogP) is 2.93. The van der Waals surface area contributed by atoms with Crippen LogP contribution < -0.4 is 11.1 Å². The van der Waals surface area contributed by atoms with Gasteiger partial charge in [-0.1, -0.05) is 38.5 Å². The third kappa shape index (κ3) is 7.18. The van der Waals surface area contributed by atoms with Gasteiger partial charge in [0.25, 0.3) is 5.91 Å². The number of halogens is 1. The Bertz CT molecular complexity index is 717. The minimum absolute atomic E-state index is 0. The summed E-state index contributed by atoms with van der Waals surface area (Å²) in [5.74, 6) is -0.887. The van der Waals surface area contributed by atoms with Crippen LogP contribution in [0.4, 0.5) is 0 Å². The Kier molecular flexibility index (Phi) is 10.9. The monoisotopic (exact) mass is 455 g/mol. The molecule has 1 heterocycles. The van der Waals surface area contributed by atoms with E-state index >= 15 is 0 Å². The van der Waals surface area contributed by atoms with E-state index in [1.54, 1.807) is 18.3 Å². The minimum atomic E-state index is -0.875. The van der Waals surface area contributed by atoms with E-state index in [0.717, 1.165) is 44.9 Å². The molecule has 0 spiro atoms. The number of amides is 1. The number of hydrogen-bond donors (Lipinski definition) is 2. The molecular formula is C22H34ClN3O5. The summed E-state index contributed by atoms with van der Waals surface area (Å²) in [5, 5.41) is 2.85. The van der Waals surface area contributed by atoms with E-state index in [-0.39, 0.29) is 30.3 Å². The van der Waals surface area contributed by atoms with Gasteiger partial charge in [-0.25, -0.2) is 4.79 Å². The Morgan fingerprint density at radius 3 is 1.97 bits per heavy atom. The molecule has 31 heavy (non-hydrogen) atoms. The minimum Gasteiger partial charge on any atom is -0.468 e. The SMILES string of the molecule is COC(=O)C1(N)CCCCC1.COC(=O)C1(NC(=O)c2cccnc2)CCCCC1.Cl. The first-order valence-corrected chi connectivity index (χ1v) is 10.6. The molecule has 174 valence electrons. The topological polar surface area (TPSA) is 121 Å². The Hall–Kier alpha value is -2.19. The molecule has 1 amide bonds. The molecule has 1 aromatic heterocycles. The number of hydrogen-bond acceptors (Lipinski definition) is 7. The highest BCUT2D eigenvalue weighted by molar-refractivity contribution is 5.97. The van der Waals surface area contributed by atoms with Crippen molar-refractivity contribution in [1.29, 1.82) is 0 Å². The Morgan fingerprint density at radius 1 is 0.935 bits per heavy atom. The van der Waals surface area contributed by atoms with Gasteiger partial charge in [-0.15, -0.1) is 12.4 Å². The van der Waals surface area contributed by atoms with Crippen LogP contribution in [0.3, 0.4) is 0 Å². The van der Waals surface area contributed by atoms with Crippen LogP contribution in [0, 0.1) is 0 Å². The zero-order valence-corrected chi connectivity index (χ0v) is 19.2. The maximum Gasteiger partial charge on any atom is 0.331 e. The Morgan fingerprint density at radius 2 is 1.48 bits per heavy atom. The van der Waals surface area contributed by atoms with Crippen molar-refractivity contribution >= 4 is 30.3 Å². The van der Waals surface area contributed by atoms with Crippen molar-refractivity contribution in [3.05, 3.63) is 30.1 Å². The maximum absolute atomic E-state index is 12.2. The Labute approximate surface area is 190 Å². The van der Waals surface area contributed by atoms with E-state index in [1.807, 2.05) is 0 Å². The second kappa shape index (κ2) is 12.6. The first kappa shape index (κ1) is 26.8. The van der Waals surface area contributed by atoms with E-state index in [1.165, 1.54) is 26.8 Å². The number of carbonyl (C=O) groups excluding carboxylic acids is 3. The first-order valence-electron chi connectivity index (χ1n) is 10.6. The van der Waals surface area contributed by atoms with Crippen LogP contribution >= 0.6 is 12.4 Å².